The molecule has 11 aromatic carbocycles. The molecule has 0 radical (unpaired) electrons. The number of fused-ring (bicyclic) bond motifs is 12. The lowest BCUT2D eigenvalue weighted by Crippen LogP contribution is -1.94. The summed E-state index contributed by atoms with van der Waals surface area (Å²) in [6.07, 6.45) is 0. The molecule has 0 amide bonds. The van der Waals surface area contributed by atoms with Crippen LogP contribution >= 0.6 is 0 Å². The molecule has 0 aliphatic rings. The Morgan fingerprint density at radius 3 is 1.16 bits per heavy atom. The lowest BCUT2D eigenvalue weighted by atomic mass is 9.95. The first kappa shape index (κ1) is 38.0. The molecule has 69 heavy (non-hydrogen) atoms. The maximum absolute atomic E-state index is 2.47. The van der Waals surface area contributed by atoms with Crippen LogP contribution in [0.1, 0.15) is 0 Å². The molecule has 0 saturated carbocycles. The zero-order valence-corrected chi connectivity index (χ0v) is 37.5. The molecule has 320 valence electrons. The Balaban J connectivity index is 0.764. The molecule has 3 heteroatoms. The highest BCUT2D eigenvalue weighted by Gasteiger charge is 2.20. The molecule has 0 spiro atoms. The first-order valence-corrected chi connectivity index (χ1v) is 23.8. The topological polar surface area (TPSA) is 14.3 Å². The summed E-state index contributed by atoms with van der Waals surface area (Å²) < 4.78 is 7.28. The maximum Gasteiger partial charge on any atom is 0.0620 e. The minimum atomic E-state index is 1.16. The number of benzene rings is 11. The summed E-state index contributed by atoms with van der Waals surface area (Å²) in [7, 11) is 0. The van der Waals surface area contributed by atoms with Gasteiger partial charge in [-0.25, -0.2) is 0 Å². The molecule has 0 bridgehead atoms. The van der Waals surface area contributed by atoms with Gasteiger partial charge in [-0.05, 0) is 123 Å². The second-order valence-electron chi connectivity index (χ2n) is 18.5. The third-order valence-electron chi connectivity index (χ3n) is 14.8. The van der Waals surface area contributed by atoms with Crippen molar-refractivity contribution in [3.63, 3.8) is 0 Å². The summed E-state index contributed by atoms with van der Waals surface area (Å²) in [5.41, 5.74) is 20.6. The van der Waals surface area contributed by atoms with E-state index in [4.69, 9.17) is 0 Å². The second-order valence-corrected chi connectivity index (χ2v) is 18.5. The molecule has 0 fully saturated rings. The lowest BCUT2D eigenvalue weighted by molar-refractivity contribution is 1.18. The fraction of sp³-hybridized carbons (Fsp3) is 0. The number of aromatic nitrogens is 3. The third kappa shape index (κ3) is 5.68. The number of rotatable bonds is 6. The number of nitrogens with zero attached hydrogens (tertiary/aromatic N) is 3. The van der Waals surface area contributed by atoms with E-state index in [1.807, 2.05) is 0 Å². The summed E-state index contributed by atoms with van der Waals surface area (Å²) in [5.74, 6) is 0. The van der Waals surface area contributed by atoms with Crippen LogP contribution in [0.2, 0.25) is 0 Å². The van der Waals surface area contributed by atoms with Gasteiger partial charge in [0.15, 0.2) is 0 Å². The van der Waals surface area contributed by atoms with Crippen LogP contribution in [0.5, 0.6) is 0 Å². The van der Waals surface area contributed by atoms with E-state index in [2.05, 4.69) is 262 Å². The van der Waals surface area contributed by atoms with E-state index in [0.717, 1.165) is 5.69 Å². The van der Waals surface area contributed by atoms with Crippen molar-refractivity contribution in [2.45, 2.75) is 0 Å². The Kier molecular flexibility index (Phi) is 8.07. The summed E-state index contributed by atoms with van der Waals surface area (Å²) in [5, 5.41) is 10.2. The van der Waals surface area contributed by atoms with E-state index >= 15 is 0 Å². The Labute approximate surface area is 397 Å². The molecule has 0 aliphatic carbocycles. The van der Waals surface area contributed by atoms with Crippen LogP contribution in [0.4, 0.5) is 0 Å². The highest BCUT2D eigenvalue weighted by Crippen LogP contribution is 2.42. The van der Waals surface area contributed by atoms with Gasteiger partial charge < -0.3 is 13.5 Å². The van der Waals surface area contributed by atoms with Crippen LogP contribution < -0.4 is 0 Å². The quantitative estimate of drug-likeness (QED) is 0.158. The molecule has 0 unspecified atom stereocenters. The van der Waals surface area contributed by atoms with Gasteiger partial charge in [0.2, 0.25) is 0 Å². The first-order valence-electron chi connectivity index (χ1n) is 23.8. The zero-order valence-electron chi connectivity index (χ0n) is 37.5. The SMILES string of the molecule is c1ccc(-n2c3ccccc3c3cc(-c4ccc(-c5cccc(-c6cccc(-c7ccc8c(c7)c7ccccc7n8-c7ccc8c9cccc%10c%11ccccc%11n(c8c7)c%109)c6)c5)cc4)ccc32)cc1. The third-order valence-corrected chi connectivity index (χ3v) is 14.8. The van der Waals surface area contributed by atoms with Crippen molar-refractivity contribution in [3.8, 4) is 55.9 Å². The molecule has 3 nitrogen and oxygen atoms in total. The number of hydrogen-bond acceptors (Lipinski definition) is 0. The molecule has 0 saturated heterocycles. The standard InChI is InChI=1S/C66H41N3/c1-2-17-50(18-3-1)67-60-24-7-5-20-53(60)58-39-48(31-35-63(58)67)43-29-27-42(28-30-43)44-13-10-14-45(37-44)46-15-11-16-47(38-46)49-32-36-64-59(40-49)54-21-6-8-25-61(54)68(64)51-33-34-55-57-23-12-22-56-52-19-4-9-26-62(52)69(66(56)57)65(55)41-51/h1-41H. The smallest absolute Gasteiger partial charge is 0.0620 e. The fourth-order valence-electron chi connectivity index (χ4n) is 11.6. The minimum Gasteiger partial charge on any atom is -0.309 e. The van der Waals surface area contributed by atoms with Gasteiger partial charge in [0.1, 0.15) is 0 Å². The van der Waals surface area contributed by atoms with Crippen LogP contribution in [0, 0.1) is 0 Å². The highest BCUT2D eigenvalue weighted by atomic mass is 15.0. The predicted octanol–water partition coefficient (Wildman–Crippen LogP) is 17.7. The molecule has 15 rings (SSSR count). The summed E-state index contributed by atoms with van der Waals surface area (Å²) >= 11 is 0. The molecule has 0 N–H and O–H groups in total. The largest absolute Gasteiger partial charge is 0.309 e. The molecule has 0 atom stereocenters. The van der Waals surface area contributed by atoms with E-state index in [9.17, 15) is 0 Å². The Morgan fingerprint density at radius 2 is 0.580 bits per heavy atom. The summed E-state index contributed by atoms with van der Waals surface area (Å²) in [4.78, 5) is 0. The van der Waals surface area contributed by atoms with Gasteiger partial charge in [0.25, 0.3) is 0 Å². The van der Waals surface area contributed by atoms with Crippen LogP contribution in [0.25, 0.3) is 138 Å². The van der Waals surface area contributed by atoms with Crippen molar-refractivity contribution in [1.82, 2.24) is 13.5 Å². The van der Waals surface area contributed by atoms with Crippen molar-refractivity contribution in [3.05, 3.63) is 249 Å². The zero-order chi connectivity index (χ0) is 45.2. The molecule has 15 aromatic rings. The van der Waals surface area contributed by atoms with Crippen LogP contribution in [0.15, 0.2) is 249 Å². The van der Waals surface area contributed by atoms with Gasteiger partial charge in [0.05, 0.1) is 38.6 Å². The predicted molar refractivity (Wildman–Crippen MR) is 292 cm³/mol. The van der Waals surface area contributed by atoms with E-state index in [1.165, 1.54) is 132 Å². The van der Waals surface area contributed by atoms with Crippen molar-refractivity contribution in [2.75, 3.05) is 0 Å². The van der Waals surface area contributed by atoms with Gasteiger partial charge >= 0.3 is 0 Å². The van der Waals surface area contributed by atoms with E-state index < -0.39 is 0 Å². The minimum absolute atomic E-state index is 1.16. The van der Waals surface area contributed by atoms with Gasteiger partial charge in [0, 0.05) is 54.5 Å². The van der Waals surface area contributed by atoms with Crippen molar-refractivity contribution in [2.24, 2.45) is 0 Å². The first-order chi connectivity index (χ1) is 34.2. The van der Waals surface area contributed by atoms with Crippen molar-refractivity contribution >= 4 is 81.7 Å². The van der Waals surface area contributed by atoms with Gasteiger partial charge in [-0.2, -0.15) is 0 Å². The van der Waals surface area contributed by atoms with Gasteiger partial charge in [-0.15, -0.1) is 0 Å². The average Bonchev–Trinajstić information content (AvgIpc) is 4.15. The van der Waals surface area contributed by atoms with E-state index in [1.54, 1.807) is 0 Å². The summed E-state index contributed by atoms with van der Waals surface area (Å²) in [6, 6.07) is 91.6. The number of para-hydroxylation sites is 5. The molecule has 4 heterocycles. The molecule has 0 aliphatic heterocycles. The normalized spacial score (nSPS) is 12.1. The van der Waals surface area contributed by atoms with Crippen molar-refractivity contribution in [1.29, 1.82) is 0 Å². The molecular formula is C66H41N3. The fourth-order valence-corrected chi connectivity index (χ4v) is 11.6. The Morgan fingerprint density at radius 1 is 0.188 bits per heavy atom. The van der Waals surface area contributed by atoms with Crippen molar-refractivity contribution < 1.29 is 0 Å². The number of hydrogen-bond donors (Lipinski definition) is 0. The highest BCUT2D eigenvalue weighted by molar-refractivity contribution is 6.23. The lowest BCUT2D eigenvalue weighted by Gasteiger charge is -2.11. The summed E-state index contributed by atoms with van der Waals surface area (Å²) in [6.45, 7) is 0. The van der Waals surface area contributed by atoms with Gasteiger partial charge in [-0.3, -0.25) is 0 Å². The monoisotopic (exact) mass is 875 g/mol. The van der Waals surface area contributed by atoms with Crippen LogP contribution in [-0.2, 0) is 0 Å². The van der Waals surface area contributed by atoms with E-state index in [-0.39, 0.29) is 0 Å². The van der Waals surface area contributed by atoms with Gasteiger partial charge in [-0.1, -0.05) is 170 Å². The maximum atomic E-state index is 2.47. The molecule has 4 aromatic heterocycles. The van der Waals surface area contributed by atoms with Crippen LogP contribution in [-0.4, -0.2) is 13.5 Å². The Hall–Kier alpha value is -9.18. The Bertz CT molecular complexity index is 4530. The molecular weight excluding hydrogens is 835 g/mol. The average molecular weight is 876 g/mol. The second kappa shape index (κ2) is 14.7. The van der Waals surface area contributed by atoms with Crippen LogP contribution in [0.3, 0.4) is 0 Å². The van der Waals surface area contributed by atoms with E-state index in [0.29, 0.717) is 0 Å².